The summed E-state index contributed by atoms with van der Waals surface area (Å²) in [4.78, 5) is 29.7. The van der Waals surface area contributed by atoms with Crippen LogP contribution in [0.3, 0.4) is 0 Å². The minimum absolute atomic E-state index is 0.00712. The molecule has 2 atom stereocenters. The first kappa shape index (κ1) is 17.1. The molecular weight excluding hydrogens is 356 g/mol. The van der Waals surface area contributed by atoms with Crippen molar-refractivity contribution in [1.29, 1.82) is 0 Å². The summed E-state index contributed by atoms with van der Waals surface area (Å²) >= 11 is 0. The number of aromatic nitrogens is 6. The minimum atomic E-state index is -0.00712. The lowest BCUT2D eigenvalue weighted by atomic mass is 10.0. The van der Waals surface area contributed by atoms with Crippen LogP contribution in [0.1, 0.15) is 5.82 Å². The van der Waals surface area contributed by atoms with Gasteiger partial charge in [-0.15, -0.1) is 0 Å². The predicted octanol–water partition coefficient (Wildman–Crippen LogP) is 0.324. The van der Waals surface area contributed by atoms with E-state index in [0.717, 1.165) is 50.2 Å². The van der Waals surface area contributed by atoms with Crippen LogP contribution in [0.15, 0.2) is 47.9 Å². The van der Waals surface area contributed by atoms with Crippen molar-refractivity contribution in [3.05, 3.63) is 59.3 Å². The number of anilines is 1. The third-order valence-electron chi connectivity index (χ3n) is 5.79. The van der Waals surface area contributed by atoms with Crippen LogP contribution < -0.4 is 10.5 Å². The second-order valence-electron chi connectivity index (χ2n) is 7.56. The fraction of sp³-hybridized carbons (Fsp3) is 0.421. The third-order valence-corrected chi connectivity index (χ3v) is 5.79. The second-order valence-corrected chi connectivity index (χ2v) is 7.56. The van der Waals surface area contributed by atoms with E-state index in [1.54, 1.807) is 35.0 Å². The monoisotopic (exact) mass is 378 g/mol. The summed E-state index contributed by atoms with van der Waals surface area (Å²) in [6.07, 6.45) is 6.83. The van der Waals surface area contributed by atoms with Crippen LogP contribution in [-0.2, 0) is 13.6 Å². The molecule has 2 unspecified atom stereocenters. The van der Waals surface area contributed by atoms with Gasteiger partial charge in [0.15, 0.2) is 5.82 Å². The lowest BCUT2D eigenvalue weighted by Gasteiger charge is -2.22. The first-order valence-corrected chi connectivity index (χ1v) is 9.47. The first-order valence-electron chi connectivity index (χ1n) is 9.47. The van der Waals surface area contributed by atoms with Crippen molar-refractivity contribution in [2.24, 2.45) is 18.9 Å². The zero-order valence-corrected chi connectivity index (χ0v) is 15.7. The molecule has 9 nitrogen and oxygen atoms in total. The molecule has 0 saturated carbocycles. The summed E-state index contributed by atoms with van der Waals surface area (Å²) in [6, 6.07) is 5.38. The Kier molecular flexibility index (Phi) is 4.16. The van der Waals surface area contributed by atoms with Crippen LogP contribution in [0.4, 0.5) is 5.82 Å². The van der Waals surface area contributed by atoms with Gasteiger partial charge in [0.25, 0.3) is 5.56 Å². The fourth-order valence-electron chi connectivity index (χ4n) is 4.31. The van der Waals surface area contributed by atoms with Gasteiger partial charge >= 0.3 is 0 Å². The van der Waals surface area contributed by atoms with E-state index in [1.165, 1.54) is 6.07 Å². The van der Waals surface area contributed by atoms with Gasteiger partial charge in [0, 0.05) is 63.9 Å². The third kappa shape index (κ3) is 3.07. The largest absolute Gasteiger partial charge is 0.356 e. The lowest BCUT2D eigenvalue weighted by Crippen LogP contribution is -2.31. The Balaban J connectivity index is 1.26. The summed E-state index contributed by atoms with van der Waals surface area (Å²) in [6.45, 7) is 4.72. The molecule has 0 radical (unpaired) electrons. The minimum Gasteiger partial charge on any atom is -0.356 e. The average molecular weight is 378 g/mol. The van der Waals surface area contributed by atoms with Crippen LogP contribution in [0.25, 0.3) is 5.82 Å². The van der Waals surface area contributed by atoms with E-state index in [2.05, 4.69) is 29.9 Å². The van der Waals surface area contributed by atoms with Crippen LogP contribution in [0.2, 0.25) is 0 Å². The van der Waals surface area contributed by atoms with E-state index in [9.17, 15) is 4.79 Å². The van der Waals surface area contributed by atoms with Gasteiger partial charge in [-0.25, -0.2) is 19.6 Å². The number of rotatable bonds is 4. The second kappa shape index (κ2) is 6.83. The molecule has 0 aromatic carbocycles. The van der Waals surface area contributed by atoms with Crippen LogP contribution >= 0.6 is 0 Å². The normalized spacial score (nSPS) is 22.0. The van der Waals surface area contributed by atoms with Gasteiger partial charge in [-0.2, -0.15) is 5.10 Å². The quantitative estimate of drug-likeness (QED) is 0.646. The Bertz CT molecular complexity index is 1020. The van der Waals surface area contributed by atoms with Crippen molar-refractivity contribution in [2.45, 2.75) is 6.54 Å². The number of hydrogen-bond donors (Lipinski definition) is 0. The maximum atomic E-state index is 11.8. The first-order chi connectivity index (χ1) is 13.7. The van der Waals surface area contributed by atoms with Crippen LogP contribution in [0, 0.1) is 11.8 Å². The van der Waals surface area contributed by atoms with Crippen molar-refractivity contribution in [3.8, 4) is 5.82 Å². The number of hydrogen-bond acceptors (Lipinski definition) is 7. The molecule has 0 amide bonds. The molecule has 2 aliphatic rings. The smallest absolute Gasteiger partial charge is 0.253 e. The Morgan fingerprint density at radius 3 is 2.57 bits per heavy atom. The summed E-state index contributed by atoms with van der Waals surface area (Å²) < 4.78 is 3.39. The molecule has 5 heterocycles. The van der Waals surface area contributed by atoms with Crippen LogP contribution in [-0.4, -0.2) is 60.4 Å². The molecule has 0 bridgehead atoms. The molecular formula is C19H22N8O. The molecule has 2 saturated heterocycles. The number of nitrogens with zero attached hydrogens (tertiary/aromatic N) is 8. The van der Waals surface area contributed by atoms with Gasteiger partial charge in [0.2, 0.25) is 0 Å². The Hall–Kier alpha value is -3.07. The van der Waals surface area contributed by atoms with E-state index < -0.39 is 0 Å². The molecule has 0 aliphatic carbocycles. The summed E-state index contributed by atoms with van der Waals surface area (Å²) in [7, 11) is 1.79. The summed E-state index contributed by atoms with van der Waals surface area (Å²) in [5, 5.41) is 4.25. The zero-order valence-electron chi connectivity index (χ0n) is 15.7. The predicted molar refractivity (Wildman–Crippen MR) is 103 cm³/mol. The zero-order chi connectivity index (χ0) is 19.1. The van der Waals surface area contributed by atoms with Crippen molar-refractivity contribution in [2.75, 3.05) is 31.1 Å². The Labute approximate surface area is 162 Å². The lowest BCUT2D eigenvalue weighted by molar-refractivity contribution is 0.295. The van der Waals surface area contributed by atoms with E-state index in [0.29, 0.717) is 11.8 Å². The maximum Gasteiger partial charge on any atom is 0.253 e. The summed E-state index contributed by atoms with van der Waals surface area (Å²) in [5.74, 6) is 3.76. The highest BCUT2D eigenvalue weighted by molar-refractivity contribution is 5.44. The van der Waals surface area contributed by atoms with Gasteiger partial charge < -0.3 is 4.90 Å². The Morgan fingerprint density at radius 2 is 1.82 bits per heavy atom. The molecule has 0 N–H and O–H groups in total. The highest BCUT2D eigenvalue weighted by atomic mass is 16.1. The molecule has 9 heteroatoms. The van der Waals surface area contributed by atoms with Crippen molar-refractivity contribution < 1.29 is 0 Å². The van der Waals surface area contributed by atoms with Crippen molar-refractivity contribution >= 4 is 5.82 Å². The molecule has 3 aromatic heterocycles. The van der Waals surface area contributed by atoms with Gasteiger partial charge in [-0.3, -0.25) is 14.3 Å². The molecule has 5 rings (SSSR count). The number of likely N-dealkylation sites (tertiary alicyclic amines) is 1. The fourth-order valence-corrected chi connectivity index (χ4v) is 4.31. The SMILES string of the molecule is Cn1c(CN2CC3CN(c4cc(-n5cccn5)ncn4)CC3C2)nccc1=O. The van der Waals surface area contributed by atoms with E-state index in [-0.39, 0.29) is 5.56 Å². The molecule has 28 heavy (non-hydrogen) atoms. The maximum absolute atomic E-state index is 11.8. The molecule has 144 valence electrons. The van der Waals surface area contributed by atoms with Crippen molar-refractivity contribution in [1.82, 2.24) is 34.2 Å². The van der Waals surface area contributed by atoms with Crippen molar-refractivity contribution in [3.63, 3.8) is 0 Å². The van der Waals surface area contributed by atoms with Gasteiger partial charge in [0.05, 0.1) is 6.54 Å². The Morgan fingerprint density at radius 1 is 1.04 bits per heavy atom. The van der Waals surface area contributed by atoms with Gasteiger partial charge in [-0.1, -0.05) is 0 Å². The van der Waals surface area contributed by atoms with E-state index in [1.807, 2.05) is 18.3 Å². The molecule has 2 aliphatic heterocycles. The van der Waals surface area contributed by atoms with E-state index >= 15 is 0 Å². The summed E-state index contributed by atoms with van der Waals surface area (Å²) in [5.41, 5.74) is -0.00712. The molecule has 3 aromatic rings. The average Bonchev–Trinajstić information content (AvgIpc) is 3.42. The molecule has 2 fully saturated rings. The number of fused-ring (bicyclic) bond motifs is 1. The molecule has 0 spiro atoms. The van der Waals surface area contributed by atoms with E-state index in [4.69, 9.17) is 0 Å². The van der Waals surface area contributed by atoms with Gasteiger partial charge in [0.1, 0.15) is 18.0 Å². The highest BCUT2D eigenvalue weighted by Gasteiger charge is 2.40. The standard InChI is InChI=1S/C19H22N8O/c1-24-18(20-5-3-19(24)28)12-25-8-14-10-26(11-15(14)9-25)16-7-17(22-13-21-16)27-6-2-4-23-27/h2-7,13-15H,8-12H2,1H3. The van der Waals surface area contributed by atoms with Gasteiger partial charge in [-0.05, 0) is 17.9 Å². The highest BCUT2D eigenvalue weighted by Crippen LogP contribution is 2.33. The topological polar surface area (TPSA) is 85.0 Å². The van der Waals surface area contributed by atoms with Crippen LogP contribution in [0.5, 0.6) is 0 Å².